The van der Waals surface area contributed by atoms with Crippen molar-refractivity contribution in [3.05, 3.63) is 18.2 Å². The number of hydrogen-bond donors (Lipinski definition) is 2. The number of carbonyl (C=O) groups excluding carboxylic acids is 1. The molecule has 0 spiro atoms. The number of carbonyl (C=O) groups is 1. The number of hydrogen-bond acceptors (Lipinski definition) is 3. The molecule has 1 aliphatic heterocycles. The highest BCUT2D eigenvalue weighted by Crippen LogP contribution is 2.13. The molecule has 0 bridgehead atoms. The normalized spacial score (nSPS) is 23.6. The first kappa shape index (κ1) is 8.25. The van der Waals surface area contributed by atoms with Crippen molar-refractivity contribution in [2.24, 2.45) is 0 Å². The highest BCUT2D eigenvalue weighted by molar-refractivity contribution is 5.82. The predicted molar refractivity (Wildman–Crippen MR) is 47.0 cm³/mol. The largest absolute Gasteiger partial charge is 0.347 e. The number of H-pyrrole nitrogens is 1. The zero-order chi connectivity index (χ0) is 9.26. The van der Waals surface area contributed by atoms with Crippen LogP contribution in [0.4, 0.5) is 0 Å². The first-order valence-electron chi connectivity index (χ1n) is 4.26. The van der Waals surface area contributed by atoms with Gasteiger partial charge in [0.2, 0.25) is 5.91 Å². The van der Waals surface area contributed by atoms with Crippen LogP contribution in [0.15, 0.2) is 12.4 Å². The molecular weight excluding hydrogens is 168 g/mol. The Morgan fingerprint density at radius 3 is 3.23 bits per heavy atom. The fraction of sp³-hybridized carbons (Fsp3) is 0.500. The van der Waals surface area contributed by atoms with E-state index in [4.69, 9.17) is 0 Å². The summed E-state index contributed by atoms with van der Waals surface area (Å²) in [6.45, 7) is 1.57. The number of nitrogens with zero attached hydrogens (tertiary/aromatic N) is 2. The van der Waals surface area contributed by atoms with Gasteiger partial charge in [0.05, 0.1) is 0 Å². The van der Waals surface area contributed by atoms with E-state index in [0.717, 1.165) is 13.1 Å². The van der Waals surface area contributed by atoms with Crippen LogP contribution in [0.3, 0.4) is 0 Å². The summed E-state index contributed by atoms with van der Waals surface area (Å²) in [6.07, 6.45) is 3.37. The van der Waals surface area contributed by atoms with Gasteiger partial charge in [0.15, 0.2) is 0 Å². The third-order valence-electron chi connectivity index (χ3n) is 2.21. The van der Waals surface area contributed by atoms with Crippen LogP contribution < -0.4 is 5.32 Å². The molecule has 2 N–H and O–H groups in total. The highest BCUT2D eigenvalue weighted by Gasteiger charge is 2.28. The van der Waals surface area contributed by atoms with E-state index in [0.29, 0.717) is 5.82 Å². The smallest absolute Gasteiger partial charge is 0.247 e. The second-order valence-electron chi connectivity index (χ2n) is 3.12. The van der Waals surface area contributed by atoms with Crippen LogP contribution in [0.25, 0.3) is 0 Å². The third kappa shape index (κ3) is 1.42. The average molecular weight is 180 g/mol. The maximum Gasteiger partial charge on any atom is 0.247 e. The summed E-state index contributed by atoms with van der Waals surface area (Å²) >= 11 is 0. The van der Waals surface area contributed by atoms with Crippen LogP contribution in [0, 0.1) is 0 Å². The van der Waals surface area contributed by atoms with Crippen molar-refractivity contribution in [3.63, 3.8) is 0 Å². The van der Waals surface area contributed by atoms with Gasteiger partial charge in [-0.3, -0.25) is 10.1 Å². The van der Waals surface area contributed by atoms with Gasteiger partial charge in [-0.25, -0.2) is 4.98 Å². The Morgan fingerprint density at radius 2 is 2.54 bits per heavy atom. The van der Waals surface area contributed by atoms with E-state index in [2.05, 4.69) is 15.3 Å². The standard InChI is InChI=1S/C8H12N4O/c1-12-5-4-9-6(8(12)13)7-10-2-3-11-7/h2-3,6,9H,4-5H2,1H3,(H,10,11). The van der Waals surface area contributed by atoms with E-state index in [-0.39, 0.29) is 11.9 Å². The second-order valence-corrected chi connectivity index (χ2v) is 3.12. The lowest BCUT2D eigenvalue weighted by Gasteiger charge is -2.29. The highest BCUT2D eigenvalue weighted by atomic mass is 16.2. The van der Waals surface area contributed by atoms with Crippen molar-refractivity contribution < 1.29 is 4.79 Å². The molecule has 5 nitrogen and oxygen atoms in total. The average Bonchev–Trinajstić information content (AvgIpc) is 2.62. The maximum atomic E-state index is 11.6. The third-order valence-corrected chi connectivity index (χ3v) is 2.21. The van der Waals surface area contributed by atoms with Crippen LogP contribution >= 0.6 is 0 Å². The SMILES string of the molecule is CN1CCNC(c2ncc[nH]2)C1=O. The fourth-order valence-corrected chi connectivity index (χ4v) is 1.44. The molecule has 1 atom stereocenters. The zero-order valence-corrected chi connectivity index (χ0v) is 7.45. The quantitative estimate of drug-likeness (QED) is 0.613. The van der Waals surface area contributed by atoms with E-state index in [1.807, 2.05) is 0 Å². The molecular formula is C8H12N4O. The van der Waals surface area contributed by atoms with Crippen molar-refractivity contribution in [2.45, 2.75) is 6.04 Å². The van der Waals surface area contributed by atoms with Crippen molar-refractivity contribution in [2.75, 3.05) is 20.1 Å². The van der Waals surface area contributed by atoms with Gasteiger partial charge < -0.3 is 9.88 Å². The van der Waals surface area contributed by atoms with Crippen LogP contribution in [0.1, 0.15) is 11.9 Å². The number of imidazole rings is 1. The predicted octanol–water partition coefficient (Wildman–Crippen LogP) is -0.488. The van der Waals surface area contributed by atoms with Gasteiger partial charge in [-0.05, 0) is 0 Å². The monoisotopic (exact) mass is 180 g/mol. The van der Waals surface area contributed by atoms with Gasteiger partial charge >= 0.3 is 0 Å². The molecule has 1 unspecified atom stereocenters. The summed E-state index contributed by atoms with van der Waals surface area (Å²) < 4.78 is 0. The summed E-state index contributed by atoms with van der Waals surface area (Å²) in [7, 11) is 1.80. The molecule has 0 saturated carbocycles. The van der Waals surface area contributed by atoms with Crippen molar-refractivity contribution >= 4 is 5.91 Å². The van der Waals surface area contributed by atoms with Gasteiger partial charge in [0.1, 0.15) is 11.9 Å². The molecule has 1 aliphatic rings. The molecule has 0 aromatic carbocycles. The summed E-state index contributed by atoms with van der Waals surface area (Å²) in [5.41, 5.74) is 0. The molecule has 1 aromatic heterocycles. The Bertz CT molecular complexity index is 295. The second kappa shape index (κ2) is 3.18. The minimum Gasteiger partial charge on any atom is -0.347 e. The minimum absolute atomic E-state index is 0.0706. The van der Waals surface area contributed by atoms with E-state index in [1.165, 1.54) is 0 Å². The summed E-state index contributed by atoms with van der Waals surface area (Å²) in [5.74, 6) is 0.762. The van der Waals surface area contributed by atoms with Crippen LogP contribution in [0.2, 0.25) is 0 Å². The fourth-order valence-electron chi connectivity index (χ4n) is 1.44. The van der Waals surface area contributed by atoms with Crippen LogP contribution in [-0.2, 0) is 4.79 Å². The molecule has 1 aromatic rings. The molecule has 1 fully saturated rings. The molecule has 1 saturated heterocycles. The van der Waals surface area contributed by atoms with Gasteiger partial charge in [-0.2, -0.15) is 0 Å². The number of rotatable bonds is 1. The molecule has 0 aliphatic carbocycles. The lowest BCUT2D eigenvalue weighted by atomic mass is 10.2. The molecule has 2 rings (SSSR count). The molecule has 2 heterocycles. The van der Waals surface area contributed by atoms with Gasteiger partial charge in [-0.1, -0.05) is 0 Å². The van der Waals surface area contributed by atoms with Crippen molar-refractivity contribution in [1.29, 1.82) is 0 Å². The number of aromatic nitrogens is 2. The summed E-state index contributed by atoms with van der Waals surface area (Å²) in [4.78, 5) is 20.3. The number of aromatic amines is 1. The van der Waals surface area contributed by atoms with E-state index in [9.17, 15) is 4.79 Å². The summed E-state index contributed by atoms with van der Waals surface area (Å²) in [6, 6.07) is -0.297. The first-order valence-corrected chi connectivity index (χ1v) is 4.26. The Kier molecular flexibility index (Phi) is 2.02. The minimum atomic E-state index is -0.297. The number of piperazine rings is 1. The Balaban J connectivity index is 2.19. The Morgan fingerprint density at radius 1 is 1.69 bits per heavy atom. The number of amides is 1. The maximum absolute atomic E-state index is 11.6. The van der Waals surface area contributed by atoms with Gasteiger partial charge in [-0.15, -0.1) is 0 Å². The van der Waals surface area contributed by atoms with Gasteiger partial charge in [0.25, 0.3) is 0 Å². The lowest BCUT2D eigenvalue weighted by molar-refractivity contribution is -0.134. The molecule has 13 heavy (non-hydrogen) atoms. The molecule has 5 heteroatoms. The van der Waals surface area contributed by atoms with Crippen LogP contribution in [0.5, 0.6) is 0 Å². The Labute approximate surface area is 76.2 Å². The Hall–Kier alpha value is -1.36. The zero-order valence-electron chi connectivity index (χ0n) is 7.45. The van der Waals surface area contributed by atoms with Crippen molar-refractivity contribution in [1.82, 2.24) is 20.2 Å². The van der Waals surface area contributed by atoms with E-state index >= 15 is 0 Å². The summed E-state index contributed by atoms with van der Waals surface area (Å²) in [5, 5.41) is 3.12. The first-order chi connectivity index (χ1) is 6.29. The van der Waals surface area contributed by atoms with E-state index in [1.54, 1.807) is 24.3 Å². The molecule has 70 valence electrons. The molecule has 1 amide bonds. The van der Waals surface area contributed by atoms with Gasteiger partial charge in [0, 0.05) is 32.5 Å². The number of likely N-dealkylation sites (N-methyl/N-ethyl adjacent to an activating group) is 1. The number of nitrogens with one attached hydrogen (secondary N) is 2. The van der Waals surface area contributed by atoms with Crippen LogP contribution in [-0.4, -0.2) is 40.9 Å². The van der Waals surface area contributed by atoms with Crippen molar-refractivity contribution in [3.8, 4) is 0 Å². The topological polar surface area (TPSA) is 61.0 Å². The molecule has 0 radical (unpaired) electrons. The lowest BCUT2D eigenvalue weighted by Crippen LogP contribution is -2.48. The van der Waals surface area contributed by atoms with E-state index < -0.39 is 0 Å².